The molecule has 5 rings (SSSR count). The van der Waals surface area contributed by atoms with Crippen LogP contribution >= 0.6 is 11.6 Å². The number of carboxylic acids is 1. The molecule has 0 amide bonds. The van der Waals surface area contributed by atoms with Gasteiger partial charge in [-0.05, 0) is 44.2 Å². The zero-order valence-electron chi connectivity index (χ0n) is 15.3. The van der Waals surface area contributed by atoms with Crippen molar-refractivity contribution in [2.24, 2.45) is 5.92 Å². The lowest BCUT2D eigenvalue weighted by Crippen LogP contribution is -2.40. The van der Waals surface area contributed by atoms with E-state index in [2.05, 4.69) is 5.32 Å². The standard InChI is InChI=1S/C20H21ClFN3O3/c21-17-18-12(16(26)7-15(20(27)28)25(18)11-3-4-11)6-13(22)19(17)24-8-10-2-1-5-23-14(10)9-24/h6-7,10-11,14,23H,1-5,8-9H2,(H,27,28)/t10-,14+/m1/s1. The molecular weight excluding hydrogens is 385 g/mol. The number of aromatic nitrogens is 1. The molecule has 2 aliphatic heterocycles. The van der Waals surface area contributed by atoms with Gasteiger partial charge in [-0.25, -0.2) is 9.18 Å². The smallest absolute Gasteiger partial charge is 0.352 e. The summed E-state index contributed by atoms with van der Waals surface area (Å²) in [5.41, 5.74) is 0.0135. The molecule has 2 saturated heterocycles. The van der Waals surface area contributed by atoms with Crippen molar-refractivity contribution >= 4 is 34.2 Å². The van der Waals surface area contributed by atoms with Crippen molar-refractivity contribution in [1.82, 2.24) is 9.88 Å². The molecule has 1 saturated carbocycles. The highest BCUT2D eigenvalue weighted by Gasteiger charge is 2.37. The predicted octanol–water partition coefficient (Wildman–Crippen LogP) is 3.02. The number of hydrogen-bond donors (Lipinski definition) is 2. The van der Waals surface area contributed by atoms with E-state index in [0.717, 1.165) is 38.3 Å². The SMILES string of the molecule is O=C(O)c1cc(=O)c2cc(F)c(N3C[C@H]4CCCN[C@H]4C3)c(Cl)c2n1C1CC1. The van der Waals surface area contributed by atoms with Gasteiger partial charge in [-0.1, -0.05) is 11.6 Å². The molecule has 2 atom stereocenters. The maximum absolute atomic E-state index is 15.1. The summed E-state index contributed by atoms with van der Waals surface area (Å²) in [6, 6.07) is 2.58. The summed E-state index contributed by atoms with van der Waals surface area (Å²) in [4.78, 5) is 26.2. The quantitative estimate of drug-likeness (QED) is 0.821. The lowest BCUT2D eigenvalue weighted by atomic mass is 9.94. The van der Waals surface area contributed by atoms with Gasteiger partial charge in [0.2, 0.25) is 0 Å². The number of rotatable bonds is 3. The zero-order chi connectivity index (χ0) is 19.6. The molecule has 3 aliphatic rings. The number of nitrogens with one attached hydrogen (secondary N) is 1. The molecule has 3 heterocycles. The Morgan fingerprint density at radius 3 is 2.71 bits per heavy atom. The van der Waals surface area contributed by atoms with Gasteiger partial charge in [0.05, 0.1) is 21.6 Å². The van der Waals surface area contributed by atoms with Gasteiger partial charge in [0.1, 0.15) is 11.5 Å². The predicted molar refractivity (Wildman–Crippen MR) is 105 cm³/mol. The summed E-state index contributed by atoms with van der Waals surface area (Å²) < 4.78 is 16.7. The summed E-state index contributed by atoms with van der Waals surface area (Å²) in [6.45, 7) is 2.32. The van der Waals surface area contributed by atoms with Gasteiger partial charge in [-0.15, -0.1) is 0 Å². The summed E-state index contributed by atoms with van der Waals surface area (Å²) in [5, 5.41) is 13.4. The van der Waals surface area contributed by atoms with Crippen molar-refractivity contribution in [2.75, 3.05) is 24.5 Å². The Morgan fingerprint density at radius 2 is 2.04 bits per heavy atom. The van der Waals surface area contributed by atoms with E-state index < -0.39 is 17.2 Å². The van der Waals surface area contributed by atoms with Gasteiger partial charge in [0.25, 0.3) is 0 Å². The molecule has 0 radical (unpaired) electrons. The number of anilines is 1. The van der Waals surface area contributed by atoms with Crippen LogP contribution in [0.25, 0.3) is 10.9 Å². The molecule has 2 aromatic rings. The third kappa shape index (κ3) is 2.71. The van der Waals surface area contributed by atoms with E-state index >= 15 is 4.39 Å². The lowest BCUT2D eigenvalue weighted by molar-refractivity contribution is 0.0684. The first kappa shape index (κ1) is 17.9. The van der Waals surface area contributed by atoms with Crippen LogP contribution in [0.15, 0.2) is 16.9 Å². The summed E-state index contributed by atoms with van der Waals surface area (Å²) in [5.74, 6) is -1.27. The Bertz CT molecular complexity index is 1040. The minimum Gasteiger partial charge on any atom is -0.477 e. The zero-order valence-corrected chi connectivity index (χ0v) is 16.0. The number of benzene rings is 1. The number of halogens is 2. The Labute approximate surface area is 165 Å². The lowest BCUT2D eigenvalue weighted by Gasteiger charge is -2.24. The van der Waals surface area contributed by atoms with E-state index in [4.69, 9.17) is 11.6 Å². The number of pyridine rings is 1. The number of piperidine rings is 1. The van der Waals surface area contributed by atoms with Crippen molar-refractivity contribution in [2.45, 2.75) is 37.8 Å². The van der Waals surface area contributed by atoms with Gasteiger partial charge < -0.3 is 19.9 Å². The van der Waals surface area contributed by atoms with Crippen LogP contribution in [-0.2, 0) is 0 Å². The molecule has 0 bridgehead atoms. The maximum Gasteiger partial charge on any atom is 0.352 e. The maximum atomic E-state index is 15.1. The first-order valence-electron chi connectivity index (χ1n) is 9.74. The Balaban J connectivity index is 1.72. The second-order valence-corrected chi connectivity index (χ2v) is 8.46. The largest absolute Gasteiger partial charge is 0.477 e. The number of aromatic carboxylic acids is 1. The number of carbonyl (C=O) groups is 1. The molecule has 1 aromatic carbocycles. The number of fused-ring (bicyclic) bond motifs is 2. The first-order chi connectivity index (χ1) is 13.5. The highest BCUT2D eigenvalue weighted by atomic mass is 35.5. The topological polar surface area (TPSA) is 74.6 Å². The van der Waals surface area contributed by atoms with Crippen LogP contribution in [0.1, 0.15) is 42.2 Å². The fraction of sp³-hybridized carbons (Fsp3) is 0.500. The number of carboxylic acid groups (broad SMARTS) is 1. The van der Waals surface area contributed by atoms with Crippen molar-refractivity contribution in [3.63, 3.8) is 0 Å². The van der Waals surface area contributed by atoms with Crippen LogP contribution in [0.5, 0.6) is 0 Å². The van der Waals surface area contributed by atoms with Gasteiger partial charge in [0, 0.05) is 31.2 Å². The second kappa shape index (κ2) is 6.46. The van der Waals surface area contributed by atoms with Crippen LogP contribution in [0.3, 0.4) is 0 Å². The van der Waals surface area contributed by atoms with E-state index in [-0.39, 0.29) is 27.8 Å². The normalized spacial score (nSPS) is 24.6. The third-order valence-corrected chi connectivity index (χ3v) is 6.61. The number of nitrogens with zero attached hydrogens (tertiary/aromatic N) is 2. The molecule has 3 fully saturated rings. The van der Waals surface area contributed by atoms with E-state index in [1.807, 2.05) is 4.90 Å². The van der Waals surface area contributed by atoms with Crippen LogP contribution in [0.4, 0.5) is 10.1 Å². The molecule has 1 aliphatic carbocycles. The van der Waals surface area contributed by atoms with Crippen LogP contribution in [0, 0.1) is 11.7 Å². The fourth-order valence-electron chi connectivity index (χ4n) is 4.81. The molecule has 28 heavy (non-hydrogen) atoms. The van der Waals surface area contributed by atoms with Crippen LogP contribution < -0.4 is 15.6 Å². The van der Waals surface area contributed by atoms with Gasteiger partial charge in [-0.3, -0.25) is 4.79 Å². The molecule has 6 nitrogen and oxygen atoms in total. The first-order valence-corrected chi connectivity index (χ1v) is 10.1. The number of hydrogen-bond acceptors (Lipinski definition) is 4. The molecule has 8 heteroatoms. The second-order valence-electron chi connectivity index (χ2n) is 8.09. The van der Waals surface area contributed by atoms with Crippen LogP contribution in [0.2, 0.25) is 5.02 Å². The molecule has 1 aromatic heterocycles. The molecule has 0 unspecified atom stereocenters. The van der Waals surface area contributed by atoms with Gasteiger partial charge in [0.15, 0.2) is 5.43 Å². The van der Waals surface area contributed by atoms with Gasteiger partial charge in [-0.2, -0.15) is 0 Å². The van der Waals surface area contributed by atoms with E-state index in [1.165, 1.54) is 6.07 Å². The third-order valence-electron chi connectivity index (χ3n) is 6.25. The molecule has 148 valence electrons. The van der Waals surface area contributed by atoms with E-state index in [1.54, 1.807) is 4.57 Å². The monoisotopic (exact) mass is 405 g/mol. The molecule has 0 spiro atoms. The van der Waals surface area contributed by atoms with Crippen molar-refractivity contribution in [3.05, 3.63) is 38.9 Å². The molecular formula is C20H21ClFN3O3. The van der Waals surface area contributed by atoms with Crippen molar-refractivity contribution < 1.29 is 14.3 Å². The minimum atomic E-state index is -1.18. The van der Waals surface area contributed by atoms with E-state index in [9.17, 15) is 14.7 Å². The molecule has 2 N–H and O–H groups in total. The Hall–Kier alpha value is -2.12. The summed E-state index contributed by atoms with van der Waals surface area (Å²) in [6.07, 6.45) is 3.83. The summed E-state index contributed by atoms with van der Waals surface area (Å²) in [7, 11) is 0. The minimum absolute atomic E-state index is 0.0205. The fourth-order valence-corrected chi connectivity index (χ4v) is 5.21. The average molecular weight is 406 g/mol. The highest BCUT2D eigenvalue weighted by molar-refractivity contribution is 6.38. The summed E-state index contributed by atoms with van der Waals surface area (Å²) >= 11 is 6.70. The van der Waals surface area contributed by atoms with Crippen molar-refractivity contribution in [3.8, 4) is 0 Å². The average Bonchev–Trinajstić information content (AvgIpc) is 3.40. The van der Waals surface area contributed by atoms with Crippen molar-refractivity contribution in [1.29, 1.82) is 0 Å². The van der Waals surface area contributed by atoms with Crippen LogP contribution in [-0.4, -0.2) is 41.3 Å². The Kier molecular flexibility index (Phi) is 4.14. The highest BCUT2D eigenvalue weighted by Crippen LogP contribution is 2.44. The Morgan fingerprint density at radius 1 is 1.25 bits per heavy atom. The van der Waals surface area contributed by atoms with Gasteiger partial charge >= 0.3 is 5.97 Å². The van der Waals surface area contributed by atoms with E-state index in [0.29, 0.717) is 30.6 Å².